The molecule has 0 aliphatic heterocycles. The standard InChI is InChI=1S/C18H21BrN2O/c1-13(2)14-6-8-16(9-7-14)21-18(22)10-11-20-17-5-3-4-15(19)12-17/h3-9,12-13,20H,10-11H2,1-2H3,(H,21,22). The number of nitrogens with one attached hydrogen (secondary N) is 2. The molecule has 1 amide bonds. The van der Waals surface area contributed by atoms with Crippen LogP contribution in [0.2, 0.25) is 0 Å². The van der Waals surface area contributed by atoms with Gasteiger partial charge in [0.1, 0.15) is 0 Å². The highest BCUT2D eigenvalue weighted by Gasteiger charge is 2.04. The molecule has 0 heterocycles. The summed E-state index contributed by atoms with van der Waals surface area (Å²) in [5, 5.41) is 6.15. The Morgan fingerprint density at radius 1 is 1.09 bits per heavy atom. The molecule has 3 nitrogen and oxygen atoms in total. The first-order chi connectivity index (χ1) is 10.5. The van der Waals surface area contributed by atoms with Gasteiger partial charge in [0.25, 0.3) is 0 Å². The van der Waals surface area contributed by atoms with Crippen LogP contribution in [0.15, 0.2) is 53.0 Å². The second-order valence-electron chi connectivity index (χ2n) is 5.51. The highest BCUT2D eigenvalue weighted by molar-refractivity contribution is 9.10. The van der Waals surface area contributed by atoms with Crippen LogP contribution < -0.4 is 10.6 Å². The van der Waals surface area contributed by atoms with E-state index < -0.39 is 0 Å². The third kappa shape index (κ3) is 5.19. The molecule has 4 heteroatoms. The molecule has 0 aliphatic rings. The fraction of sp³-hybridized carbons (Fsp3) is 0.278. The van der Waals surface area contributed by atoms with Crippen LogP contribution in [0, 0.1) is 0 Å². The minimum atomic E-state index is 0.0137. The van der Waals surface area contributed by atoms with Crippen molar-refractivity contribution in [3.05, 3.63) is 58.6 Å². The summed E-state index contributed by atoms with van der Waals surface area (Å²) in [5.41, 5.74) is 3.12. The first kappa shape index (κ1) is 16.6. The molecule has 0 atom stereocenters. The fourth-order valence-corrected chi connectivity index (χ4v) is 2.49. The van der Waals surface area contributed by atoms with Gasteiger partial charge in [-0.1, -0.05) is 48.0 Å². The lowest BCUT2D eigenvalue weighted by Gasteiger charge is -2.09. The maximum Gasteiger partial charge on any atom is 0.226 e. The molecule has 0 radical (unpaired) electrons. The van der Waals surface area contributed by atoms with Gasteiger partial charge in [-0.2, -0.15) is 0 Å². The predicted molar refractivity (Wildman–Crippen MR) is 96.4 cm³/mol. The van der Waals surface area contributed by atoms with E-state index in [1.807, 2.05) is 36.4 Å². The molecule has 22 heavy (non-hydrogen) atoms. The summed E-state index contributed by atoms with van der Waals surface area (Å²) in [6.45, 7) is 4.91. The van der Waals surface area contributed by atoms with Crippen molar-refractivity contribution in [3.63, 3.8) is 0 Å². The third-order valence-electron chi connectivity index (χ3n) is 3.37. The average molecular weight is 361 g/mol. The van der Waals surface area contributed by atoms with E-state index in [0.29, 0.717) is 18.9 Å². The second-order valence-corrected chi connectivity index (χ2v) is 6.43. The second kappa shape index (κ2) is 7.99. The molecular weight excluding hydrogens is 340 g/mol. The van der Waals surface area contributed by atoms with Crippen LogP contribution in [0.4, 0.5) is 11.4 Å². The van der Waals surface area contributed by atoms with Crippen molar-refractivity contribution in [2.75, 3.05) is 17.2 Å². The highest BCUT2D eigenvalue weighted by Crippen LogP contribution is 2.17. The Hall–Kier alpha value is -1.81. The molecule has 0 bridgehead atoms. The normalized spacial score (nSPS) is 10.5. The van der Waals surface area contributed by atoms with E-state index in [-0.39, 0.29) is 5.91 Å². The molecule has 0 unspecified atom stereocenters. The van der Waals surface area contributed by atoms with Gasteiger partial charge >= 0.3 is 0 Å². The Morgan fingerprint density at radius 2 is 1.82 bits per heavy atom. The lowest BCUT2D eigenvalue weighted by Crippen LogP contribution is -2.16. The maximum atomic E-state index is 11.9. The number of amides is 1. The van der Waals surface area contributed by atoms with Crippen LogP contribution in [0.1, 0.15) is 31.7 Å². The molecule has 116 valence electrons. The number of rotatable bonds is 6. The molecular formula is C18H21BrN2O. The van der Waals surface area contributed by atoms with E-state index in [4.69, 9.17) is 0 Å². The van der Waals surface area contributed by atoms with Crippen LogP contribution in [0.25, 0.3) is 0 Å². The van der Waals surface area contributed by atoms with Gasteiger partial charge < -0.3 is 10.6 Å². The Labute approximate surface area is 140 Å². The summed E-state index contributed by atoms with van der Waals surface area (Å²) in [5.74, 6) is 0.513. The monoisotopic (exact) mass is 360 g/mol. The summed E-state index contributed by atoms with van der Waals surface area (Å²) >= 11 is 3.42. The van der Waals surface area contributed by atoms with Crippen LogP contribution in [-0.2, 0) is 4.79 Å². The number of halogens is 1. The van der Waals surface area contributed by atoms with Gasteiger partial charge in [-0.05, 0) is 41.8 Å². The van der Waals surface area contributed by atoms with Crippen molar-refractivity contribution in [2.24, 2.45) is 0 Å². The highest BCUT2D eigenvalue weighted by atomic mass is 79.9. The quantitative estimate of drug-likeness (QED) is 0.759. The molecule has 0 aromatic heterocycles. The number of carbonyl (C=O) groups excluding carboxylic acids is 1. The van der Waals surface area contributed by atoms with Gasteiger partial charge in [0.05, 0.1) is 0 Å². The number of carbonyl (C=O) groups is 1. The van der Waals surface area contributed by atoms with Crippen molar-refractivity contribution in [1.82, 2.24) is 0 Å². The first-order valence-electron chi connectivity index (χ1n) is 7.44. The maximum absolute atomic E-state index is 11.9. The van der Waals surface area contributed by atoms with E-state index in [1.165, 1.54) is 5.56 Å². The number of anilines is 2. The van der Waals surface area contributed by atoms with E-state index in [0.717, 1.165) is 15.8 Å². The molecule has 2 aromatic rings. The Morgan fingerprint density at radius 3 is 2.45 bits per heavy atom. The van der Waals surface area contributed by atoms with Crippen molar-refractivity contribution < 1.29 is 4.79 Å². The van der Waals surface area contributed by atoms with E-state index in [1.54, 1.807) is 0 Å². The average Bonchev–Trinajstić information content (AvgIpc) is 2.48. The molecule has 2 rings (SSSR count). The lowest BCUT2D eigenvalue weighted by atomic mass is 10.0. The van der Waals surface area contributed by atoms with Crippen molar-refractivity contribution in [3.8, 4) is 0 Å². The SMILES string of the molecule is CC(C)c1ccc(NC(=O)CCNc2cccc(Br)c2)cc1. The summed E-state index contributed by atoms with van der Waals surface area (Å²) in [4.78, 5) is 11.9. The lowest BCUT2D eigenvalue weighted by molar-refractivity contribution is -0.115. The molecule has 2 aromatic carbocycles. The first-order valence-corrected chi connectivity index (χ1v) is 8.23. The van der Waals surface area contributed by atoms with Gasteiger partial charge in [0.15, 0.2) is 0 Å². The Kier molecular flexibility index (Phi) is 6.01. The van der Waals surface area contributed by atoms with Crippen LogP contribution in [-0.4, -0.2) is 12.5 Å². The van der Waals surface area contributed by atoms with Crippen molar-refractivity contribution >= 4 is 33.2 Å². The van der Waals surface area contributed by atoms with Crippen LogP contribution in [0.3, 0.4) is 0 Å². The summed E-state index contributed by atoms with van der Waals surface area (Å²) in [6, 6.07) is 15.9. The number of hydrogen-bond acceptors (Lipinski definition) is 2. The topological polar surface area (TPSA) is 41.1 Å². The van der Waals surface area contributed by atoms with E-state index in [9.17, 15) is 4.79 Å². The molecule has 0 fully saturated rings. The summed E-state index contributed by atoms with van der Waals surface area (Å²) in [6.07, 6.45) is 0.429. The minimum absolute atomic E-state index is 0.0137. The van der Waals surface area contributed by atoms with E-state index in [2.05, 4.69) is 52.5 Å². The summed E-state index contributed by atoms with van der Waals surface area (Å²) < 4.78 is 1.02. The van der Waals surface area contributed by atoms with Crippen molar-refractivity contribution in [1.29, 1.82) is 0 Å². The molecule has 0 saturated heterocycles. The fourth-order valence-electron chi connectivity index (χ4n) is 2.09. The number of benzene rings is 2. The zero-order chi connectivity index (χ0) is 15.9. The molecule has 2 N–H and O–H groups in total. The van der Waals surface area contributed by atoms with Gasteiger partial charge in [0, 0.05) is 28.8 Å². The van der Waals surface area contributed by atoms with Crippen molar-refractivity contribution in [2.45, 2.75) is 26.2 Å². The molecule has 0 aliphatic carbocycles. The third-order valence-corrected chi connectivity index (χ3v) is 3.86. The predicted octanol–water partition coefficient (Wildman–Crippen LogP) is 5.01. The van der Waals surface area contributed by atoms with Gasteiger partial charge in [-0.3, -0.25) is 4.79 Å². The smallest absolute Gasteiger partial charge is 0.226 e. The minimum Gasteiger partial charge on any atom is -0.384 e. The Bertz CT molecular complexity index is 623. The number of hydrogen-bond donors (Lipinski definition) is 2. The zero-order valence-corrected chi connectivity index (χ0v) is 14.5. The summed E-state index contributed by atoms with van der Waals surface area (Å²) in [7, 11) is 0. The van der Waals surface area contributed by atoms with E-state index >= 15 is 0 Å². The zero-order valence-electron chi connectivity index (χ0n) is 12.9. The molecule has 0 saturated carbocycles. The Balaban J connectivity index is 1.78. The van der Waals surface area contributed by atoms with Gasteiger partial charge in [0.2, 0.25) is 5.91 Å². The largest absolute Gasteiger partial charge is 0.384 e. The molecule has 0 spiro atoms. The van der Waals surface area contributed by atoms with Crippen LogP contribution in [0.5, 0.6) is 0 Å². The van der Waals surface area contributed by atoms with Gasteiger partial charge in [-0.15, -0.1) is 0 Å². The van der Waals surface area contributed by atoms with Crippen LogP contribution >= 0.6 is 15.9 Å². The van der Waals surface area contributed by atoms with Gasteiger partial charge in [-0.25, -0.2) is 0 Å².